The van der Waals surface area contributed by atoms with Crippen LogP contribution in [0.25, 0.3) is 0 Å². The second-order valence-electron chi connectivity index (χ2n) is 15.7. The molecule has 0 saturated carbocycles. The summed E-state index contributed by atoms with van der Waals surface area (Å²) in [6.45, 7) is 13.8. The van der Waals surface area contributed by atoms with Gasteiger partial charge < -0.3 is 0 Å². The van der Waals surface area contributed by atoms with Crippen LogP contribution in [0.4, 0.5) is 11.4 Å². The van der Waals surface area contributed by atoms with Gasteiger partial charge in [-0.25, -0.2) is 4.99 Å². The molecule has 2 rings (SSSR count). The van der Waals surface area contributed by atoms with Gasteiger partial charge in [0.2, 0.25) is 0 Å². The van der Waals surface area contributed by atoms with E-state index in [-0.39, 0.29) is 0 Å². The van der Waals surface area contributed by atoms with E-state index in [1.54, 1.807) is 0 Å². The molecule has 0 aliphatic carbocycles. The van der Waals surface area contributed by atoms with E-state index in [9.17, 15) is 0 Å². The fraction of sp³-hybridized carbons (Fsp3) is 0.680. The highest BCUT2D eigenvalue weighted by Crippen LogP contribution is 2.26. The van der Waals surface area contributed by atoms with E-state index in [0.29, 0.717) is 0 Å². The first-order chi connectivity index (χ1) is 25.6. The molecule has 0 aromatic heterocycles. The number of aliphatic imine (C=N–C) groups is 2. The minimum atomic E-state index is 0.961. The third kappa shape index (κ3) is 21.3. The number of unbranched alkanes of at least 4 members (excludes halogenated alkanes) is 17. The Kier molecular flexibility index (Phi) is 27.2. The molecule has 0 spiro atoms. The molecule has 2 aromatic rings. The summed E-state index contributed by atoms with van der Waals surface area (Å²) in [6.07, 6.45) is 39.7. The molecule has 0 N–H and O–H groups in total. The minimum Gasteiger partial charge on any atom is -0.251 e. The molecule has 0 atom stereocenters. The maximum Gasteiger partial charge on any atom is 0.0848 e. The van der Waals surface area contributed by atoms with Crippen LogP contribution < -0.4 is 0 Å². The minimum absolute atomic E-state index is 0.961. The van der Waals surface area contributed by atoms with Crippen LogP contribution in [0.15, 0.2) is 58.5 Å². The Morgan fingerprint density at radius 2 is 0.769 bits per heavy atom. The third-order valence-electron chi connectivity index (χ3n) is 10.4. The summed E-state index contributed by atoms with van der Waals surface area (Å²) in [4.78, 5) is 11.1. The zero-order valence-electron chi connectivity index (χ0n) is 35.3. The van der Waals surface area contributed by atoms with Gasteiger partial charge >= 0.3 is 0 Å². The average Bonchev–Trinajstić information content (AvgIpc) is 3.14. The summed E-state index contributed by atoms with van der Waals surface area (Å²) in [6, 6.07) is 14.5. The summed E-state index contributed by atoms with van der Waals surface area (Å²) >= 11 is 0. The molecule has 2 aromatic carbocycles. The summed E-state index contributed by atoms with van der Waals surface area (Å²) < 4.78 is 0. The molecule has 2 heteroatoms. The second-order valence-corrected chi connectivity index (χ2v) is 15.7. The van der Waals surface area contributed by atoms with Crippen LogP contribution >= 0.6 is 0 Å². The van der Waals surface area contributed by atoms with Gasteiger partial charge in [0.15, 0.2) is 0 Å². The zero-order chi connectivity index (χ0) is 37.5. The predicted octanol–water partition coefficient (Wildman–Crippen LogP) is 16.7. The first kappa shape index (κ1) is 45.7. The van der Waals surface area contributed by atoms with Crippen LogP contribution in [-0.2, 0) is 25.7 Å². The first-order valence-electron chi connectivity index (χ1n) is 22.6. The van der Waals surface area contributed by atoms with Crippen molar-refractivity contribution in [3.8, 4) is 0 Å². The molecule has 0 unspecified atom stereocenters. The van der Waals surface area contributed by atoms with Crippen molar-refractivity contribution in [2.45, 2.75) is 221 Å². The van der Waals surface area contributed by atoms with Gasteiger partial charge in [-0.05, 0) is 130 Å². The van der Waals surface area contributed by atoms with Gasteiger partial charge in [0.25, 0.3) is 0 Å². The first-order valence-corrected chi connectivity index (χ1v) is 22.6. The molecule has 2 nitrogen and oxygen atoms in total. The monoisotopic (exact) mass is 711 g/mol. The Morgan fingerprint density at radius 3 is 1.19 bits per heavy atom. The van der Waals surface area contributed by atoms with Crippen LogP contribution in [0.2, 0.25) is 0 Å². The standard InChI is InChI=1S/C50H82N2/c1-7-13-19-20-21-22-23-24-25-30-36-50(52-48-41-45(33-28-16-10-4)38-46(42-48)34-29-17-11-5)49(35-18-12-6)51-47-39-43(31-26-14-8-2)37-44(40-47)32-27-15-9-3/h30,36-42H,7-29,31-35H2,1-6H3. The Bertz CT molecular complexity index is 1210. The largest absolute Gasteiger partial charge is 0.251 e. The number of nitrogens with zero attached hydrogens (tertiary/aromatic N) is 2. The van der Waals surface area contributed by atoms with E-state index >= 15 is 0 Å². The van der Waals surface area contributed by atoms with Crippen molar-refractivity contribution < 1.29 is 0 Å². The van der Waals surface area contributed by atoms with Crippen molar-refractivity contribution in [3.63, 3.8) is 0 Å². The smallest absolute Gasteiger partial charge is 0.0848 e. The van der Waals surface area contributed by atoms with Crippen LogP contribution in [0.3, 0.4) is 0 Å². The van der Waals surface area contributed by atoms with Crippen LogP contribution in [0.5, 0.6) is 0 Å². The number of allylic oxidation sites excluding steroid dienone is 2. The molecular weight excluding hydrogens is 629 g/mol. The molecular formula is C50H82N2. The van der Waals surface area contributed by atoms with Crippen LogP contribution in [0, 0.1) is 0 Å². The molecule has 0 aliphatic rings. The highest BCUT2D eigenvalue weighted by Gasteiger charge is 2.11. The normalized spacial score (nSPS) is 12.4. The highest BCUT2D eigenvalue weighted by molar-refractivity contribution is 6.47. The maximum absolute atomic E-state index is 5.54. The Hall–Kier alpha value is -2.48. The molecule has 0 aliphatic heterocycles. The molecule has 0 amide bonds. The van der Waals surface area contributed by atoms with E-state index in [1.807, 2.05) is 0 Å². The summed E-state index contributed by atoms with van der Waals surface area (Å²) in [5.41, 5.74) is 10.3. The van der Waals surface area contributed by atoms with Gasteiger partial charge in [-0.2, -0.15) is 0 Å². The van der Waals surface area contributed by atoms with Gasteiger partial charge in [-0.1, -0.05) is 162 Å². The van der Waals surface area contributed by atoms with Crippen molar-refractivity contribution in [3.05, 3.63) is 70.8 Å². The number of hydrogen-bond acceptors (Lipinski definition) is 2. The Balaban J connectivity index is 2.55. The topological polar surface area (TPSA) is 24.7 Å². The number of benzene rings is 2. The van der Waals surface area contributed by atoms with Crippen molar-refractivity contribution in [1.82, 2.24) is 0 Å². The molecule has 0 bridgehead atoms. The van der Waals surface area contributed by atoms with Crippen LogP contribution in [0.1, 0.15) is 218 Å². The van der Waals surface area contributed by atoms with E-state index in [1.165, 1.54) is 151 Å². The number of aryl methyl sites for hydroxylation is 4. The predicted molar refractivity (Wildman–Crippen MR) is 236 cm³/mol. The average molecular weight is 711 g/mol. The van der Waals surface area contributed by atoms with E-state index in [0.717, 1.165) is 74.2 Å². The molecule has 0 saturated heterocycles. The zero-order valence-corrected chi connectivity index (χ0v) is 35.3. The third-order valence-corrected chi connectivity index (χ3v) is 10.4. The van der Waals surface area contributed by atoms with E-state index in [4.69, 9.17) is 9.98 Å². The second kappa shape index (κ2) is 30.9. The van der Waals surface area contributed by atoms with Gasteiger partial charge in [0.1, 0.15) is 0 Å². The molecule has 0 heterocycles. The summed E-state index contributed by atoms with van der Waals surface area (Å²) in [7, 11) is 0. The SMILES string of the molecule is CCCCCCCCCCC=CC(=Nc1cc(CCCCC)cc(CCCCC)c1)C(CCCC)=Nc1cc(CCCCC)cc(CCCCC)c1. The van der Waals surface area contributed by atoms with E-state index < -0.39 is 0 Å². The Morgan fingerprint density at radius 1 is 0.404 bits per heavy atom. The van der Waals surface area contributed by atoms with Gasteiger partial charge in [-0.15, -0.1) is 0 Å². The van der Waals surface area contributed by atoms with Crippen molar-refractivity contribution in [1.29, 1.82) is 0 Å². The maximum atomic E-state index is 5.54. The lowest BCUT2D eigenvalue weighted by atomic mass is 9.99. The molecule has 52 heavy (non-hydrogen) atoms. The fourth-order valence-corrected chi connectivity index (χ4v) is 7.18. The van der Waals surface area contributed by atoms with Gasteiger partial charge in [0.05, 0.1) is 22.8 Å². The molecule has 0 fully saturated rings. The number of hydrogen-bond donors (Lipinski definition) is 0. The molecule has 292 valence electrons. The molecule has 0 radical (unpaired) electrons. The quantitative estimate of drug-likeness (QED) is 0.0533. The lowest BCUT2D eigenvalue weighted by Crippen LogP contribution is -2.12. The lowest BCUT2D eigenvalue weighted by molar-refractivity contribution is 0.577. The number of rotatable bonds is 32. The van der Waals surface area contributed by atoms with E-state index in [2.05, 4.69) is 90.1 Å². The van der Waals surface area contributed by atoms with Crippen molar-refractivity contribution in [2.75, 3.05) is 0 Å². The van der Waals surface area contributed by atoms with Crippen molar-refractivity contribution in [2.24, 2.45) is 9.98 Å². The summed E-state index contributed by atoms with van der Waals surface area (Å²) in [5.74, 6) is 0. The van der Waals surface area contributed by atoms with Crippen molar-refractivity contribution >= 4 is 22.8 Å². The summed E-state index contributed by atoms with van der Waals surface area (Å²) in [5, 5.41) is 0. The van der Waals surface area contributed by atoms with Gasteiger partial charge in [0, 0.05) is 0 Å². The lowest BCUT2D eigenvalue weighted by Gasteiger charge is -2.12. The van der Waals surface area contributed by atoms with Gasteiger partial charge in [-0.3, -0.25) is 4.99 Å². The van der Waals surface area contributed by atoms with Crippen LogP contribution in [-0.4, -0.2) is 11.4 Å². The Labute approximate surface area is 323 Å². The highest BCUT2D eigenvalue weighted by atomic mass is 14.8. The fourth-order valence-electron chi connectivity index (χ4n) is 7.18.